The Balaban J connectivity index is 2.91. The smallest absolute Gasteiger partial charge is 0.315 e. The second kappa shape index (κ2) is 9.15. The van der Waals surface area contributed by atoms with Crippen molar-refractivity contribution in [3.05, 3.63) is 53.6 Å². The number of carbonyl (C=O) groups is 1. The van der Waals surface area contributed by atoms with E-state index in [-0.39, 0.29) is 0 Å². The number of hydrogen-bond acceptors (Lipinski definition) is 2. The van der Waals surface area contributed by atoms with Gasteiger partial charge in [-0.2, -0.15) is 8.78 Å². The molecule has 0 saturated carbocycles. The predicted octanol–water partition coefficient (Wildman–Crippen LogP) is 3.42. The van der Waals surface area contributed by atoms with Crippen LogP contribution in [-0.4, -0.2) is 30.2 Å². The Kier molecular flexibility index (Phi) is 7.54. The Labute approximate surface area is 133 Å². The lowest BCUT2D eigenvalue weighted by Crippen LogP contribution is -2.43. The highest BCUT2D eigenvalue weighted by molar-refractivity contribution is 5.79. The van der Waals surface area contributed by atoms with Crippen LogP contribution < -0.4 is 5.32 Å². The SMILES string of the molecule is C/C=C\C(=C/C)c1ccc([C@@H](O)[C@@H](CF)NC(=O)C(F)F)cc1. The highest BCUT2D eigenvalue weighted by atomic mass is 19.3. The first-order valence-corrected chi connectivity index (χ1v) is 7.16. The standard InChI is InChI=1S/C17H20F3NO2/c1-3-5-11(4-2)12-6-8-13(9-7-12)15(22)14(10-18)21-17(23)16(19)20/h3-9,14-16,22H,10H2,1-2H3,(H,21,23)/b5-3-,11-4+/t14-,15-/m1/s1. The van der Waals surface area contributed by atoms with Gasteiger partial charge in [-0.3, -0.25) is 4.79 Å². The van der Waals surface area contributed by atoms with Crippen LogP contribution in [0.3, 0.4) is 0 Å². The number of rotatable bonds is 7. The number of nitrogens with one attached hydrogen (secondary N) is 1. The number of allylic oxidation sites excluding steroid dienone is 4. The number of aliphatic hydroxyl groups excluding tert-OH is 1. The van der Waals surface area contributed by atoms with E-state index in [1.807, 2.05) is 32.1 Å². The molecule has 0 radical (unpaired) electrons. The summed E-state index contributed by atoms with van der Waals surface area (Å²) < 4.78 is 37.4. The monoisotopic (exact) mass is 327 g/mol. The van der Waals surface area contributed by atoms with Crippen LogP contribution in [0.1, 0.15) is 31.1 Å². The maximum atomic E-state index is 12.9. The van der Waals surface area contributed by atoms with E-state index in [9.17, 15) is 23.1 Å². The summed E-state index contributed by atoms with van der Waals surface area (Å²) in [5.41, 5.74) is 2.21. The minimum Gasteiger partial charge on any atom is -0.386 e. The number of benzene rings is 1. The summed E-state index contributed by atoms with van der Waals surface area (Å²) in [6, 6.07) is 5.20. The van der Waals surface area contributed by atoms with Gasteiger partial charge in [-0.25, -0.2) is 4.39 Å². The lowest BCUT2D eigenvalue weighted by Gasteiger charge is -2.22. The normalized spacial score (nSPS) is 15.0. The van der Waals surface area contributed by atoms with Gasteiger partial charge in [0.25, 0.3) is 5.91 Å². The van der Waals surface area contributed by atoms with Crippen LogP contribution in [0, 0.1) is 0 Å². The Hall–Kier alpha value is -2.08. The highest BCUT2D eigenvalue weighted by Crippen LogP contribution is 2.22. The Morgan fingerprint density at radius 3 is 2.30 bits per heavy atom. The van der Waals surface area contributed by atoms with Crippen molar-refractivity contribution in [1.29, 1.82) is 0 Å². The molecule has 1 rings (SSSR count). The summed E-state index contributed by atoms with van der Waals surface area (Å²) in [6.07, 6.45) is 1.05. The molecule has 3 nitrogen and oxygen atoms in total. The molecule has 2 N–H and O–H groups in total. The fourth-order valence-electron chi connectivity index (χ4n) is 2.09. The molecule has 6 heteroatoms. The first kappa shape index (κ1) is 19.0. The average molecular weight is 327 g/mol. The van der Waals surface area contributed by atoms with Crippen molar-refractivity contribution in [3.8, 4) is 0 Å². The molecule has 0 aliphatic rings. The van der Waals surface area contributed by atoms with Crippen LogP contribution in [0.15, 0.2) is 42.5 Å². The molecule has 1 aromatic carbocycles. The molecule has 0 aromatic heterocycles. The molecule has 1 aromatic rings. The zero-order valence-corrected chi connectivity index (χ0v) is 13.0. The number of carbonyl (C=O) groups excluding carboxylic acids is 1. The van der Waals surface area contributed by atoms with E-state index in [4.69, 9.17) is 0 Å². The molecule has 0 spiro atoms. The first-order chi connectivity index (χ1) is 10.9. The van der Waals surface area contributed by atoms with E-state index in [0.717, 1.165) is 11.1 Å². The van der Waals surface area contributed by atoms with Gasteiger partial charge >= 0.3 is 6.43 Å². The number of alkyl halides is 3. The Morgan fingerprint density at radius 2 is 1.87 bits per heavy atom. The molecule has 0 aliphatic heterocycles. The van der Waals surface area contributed by atoms with Crippen LogP contribution in [-0.2, 0) is 4.79 Å². The van der Waals surface area contributed by atoms with Crippen LogP contribution >= 0.6 is 0 Å². The quantitative estimate of drug-likeness (QED) is 0.754. The van der Waals surface area contributed by atoms with Crippen LogP contribution in [0.5, 0.6) is 0 Å². The molecule has 2 atom stereocenters. The van der Waals surface area contributed by atoms with Gasteiger partial charge in [0.15, 0.2) is 0 Å². The second-order valence-corrected chi connectivity index (χ2v) is 4.88. The minimum atomic E-state index is -3.25. The number of halogens is 3. The lowest BCUT2D eigenvalue weighted by molar-refractivity contribution is -0.133. The lowest BCUT2D eigenvalue weighted by atomic mass is 9.98. The van der Waals surface area contributed by atoms with Crippen LogP contribution in [0.2, 0.25) is 0 Å². The van der Waals surface area contributed by atoms with E-state index in [0.29, 0.717) is 5.56 Å². The van der Waals surface area contributed by atoms with Gasteiger partial charge in [0, 0.05) is 0 Å². The Bertz CT molecular complexity index is 568. The summed E-state index contributed by atoms with van der Waals surface area (Å²) in [5, 5.41) is 11.9. The van der Waals surface area contributed by atoms with Crippen LogP contribution in [0.25, 0.3) is 5.57 Å². The minimum absolute atomic E-state index is 0.335. The third-order valence-corrected chi connectivity index (χ3v) is 3.32. The number of amides is 1. The second-order valence-electron chi connectivity index (χ2n) is 4.88. The molecular weight excluding hydrogens is 307 g/mol. The summed E-state index contributed by atoms with van der Waals surface area (Å²) in [5.74, 6) is -1.60. The van der Waals surface area contributed by atoms with Crippen molar-refractivity contribution >= 4 is 11.5 Å². The molecule has 0 fully saturated rings. The van der Waals surface area contributed by atoms with E-state index in [1.165, 1.54) is 0 Å². The van der Waals surface area contributed by atoms with Crippen molar-refractivity contribution in [3.63, 3.8) is 0 Å². The maximum absolute atomic E-state index is 12.9. The highest BCUT2D eigenvalue weighted by Gasteiger charge is 2.26. The third-order valence-electron chi connectivity index (χ3n) is 3.32. The fraction of sp³-hybridized carbons (Fsp3) is 0.353. The molecule has 23 heavy (non-hydrogen) atoms. The Morgan fingerprint density at radius 1 is 1.26 bits per heavy atom. The van der Waals surface area contributed by atoms with Crippen molar-refractivity contribution in [2.24, 2.45) is 0 Å². The zero-order valence-electron chi connectivity index (χ0n) is 13.0. The fourth-order valence-corrected chi connectivity index (χ4v) is 2.09. The van der Waals surface area contributed by atoms with Gasteiger partial charge in [-0.1, -0.05) is 42.5 Å². The third kappa shape index (κ3) is 5.25. The molecule has 126 valence electrons. The summed E-state index contributed by atoms with van der Waals surface area (Å²) in [7, 11) is 0. The molecule has 0 bridgehead atoms. The van der Waals surface area contributed by atoms with Gasteiger partial charge in [-0.15, -0.1) is 0 Å². The molecule has 0 unspecified atom stereocenters. The van der Waals surface area contributed by atoms with Gasteiger partial charge in [0.1, 0.15) is 12.8 Å². The first-order valence-electron chi connectivity index (χ1n) is 7.16. The van der Waals surface area contributed by atoms with Crippen molar-refractivity contribution in [2.45, 2.75) is 32.4 Å². The van der Waals surface area contributed by atoms with Crippen molar-refractivity contribution < 1.29 is 23.1 Å². The summed E-state index contributed by atoms with van der Waals surface area (Å²) >= 11 is 0. The number of aliphatic hydroxyl groups is 1. The van der Waals surface area contributed by atoms with E-state index in [1.54, 1.807) is 29.6 Å². The molecule has 0 aliphatic carbocycles. The molecule has 1 amide bonds. The van der Waals surface area contributed by atoms with Crippen molar-refractivity contribution in [1.82, 2.24) is 5.32 Å². The maximum Gasteiger partial charge on any atom is 0.315 e. The zero-order chi connectivity index (χ0) is 17.4. The van der Waals surface area contributed by atoms with Crippen molar-refractivity contribution in [2.75, 3.05) is 6.67 Å². The summed E-state index contributed by atoms with van der Waals surface area (Å²) in [4.78, 5) is 10.9. The average Bonchev–Trinajstić information content (AvgIpc) is 2.56. The molecular formula is C17H20F3NO2. The largest absolute Gasteiger partial charge is 0.386 e. The van der Waals surface area contributed by atoms with E-state index < -0.39 is 31.2 Å². The molecule has 0 saturated heterocycles. The van der Waals surface area contributed by atoms with Gasteiger partial charge in [0.05, 0.1) is 6.04 Å². The number of hydrogen-bond donors (Lipinski definition) is 2. The van der Waals surface area contributed by atoms with Gasteiger partial charge < -0.3 is 10.4 Å². The van der Waals surface area contributed by atoms with Gasteiger partial charge in [-0.05, 0) is 30.5 Å². The van der Waals surface area contributed by atoms with E-state index in [2.05, 4.69) is 0 Å². The van der Waals surface area contributed by atoms with Gasteiger partial charge in [0.2, 0.25) is 0 Å². The molecule has 0 heterocycles. The topological polar surface area (TPSA) is 49.3 Å². The van der Waals surface area contributed by atoms with E-state index >= 15 is 0 Å². The predicted molar refractivity (Wildman–Crippen MR) is 83.8 cm³/mol. The summed E-state index contributed by atoms with van der Waals surface area (Å²) in [6.45, 7) is 2.62. The van der Waals surface area contributed by atoms with Crippen LogP contribution in [0.4, 0.5) is 13.2 Å².